The lowest BCUT2D eigenvalue weighted by Gasteiger charge is -2.26. The first-order valence-electron chi connectivity index (χ1n) is 5.47. The number of carbonyl (C=O) groups excluding carboxylic acids is 1. The summed E-state index contributed by atoms with van der Waals surface area (Å²) >= 11 is 0. The van der Waals surface area contributed by atoms with Crippen LogP contribution in [0.25, 0.3) is 0 Å². The second kappa shape index (κ2) is 6.44. The molecule has 3 heteroatoms. The van der Waals surface area contributed by atoms with Gasteiger partial charge in [-0.3, -0.25) is 4.79 Å². The van der Waals surface area contributed by atoms with Crippen molar-refractivity contribution in [2.24, 2.45) is 11.3 Å². The Labute approximate surface area is 92.4 Å². The molecule has 0 aliphatic heterocycles. The molecule has 0 aromatic rings. The van der Waals surface area contributed by atoms with E-state index in [0.717, 1.165) is 12.8 Å². The summed E-state index contributed by atoms with van der Waals surface area (Å²) in [6, 6.07) is 2.06. The van der Waals surface area contributed by atoms with E-state index in [4.69, 9.17) is 10.00 Å². The van der Waals surface area contributed by atoms with Crippen molar-refractivity contribution in [3.05, 3.63) is 0 Å². The molecule has 0 aromatic carbocycles. The number of ether oxygens (including phenoxy) is 1. The molecule has 0 fully saturated rings. The monoisotopic (exact) mass is 211 g/mol. The Morgan fingerprint density at radius 3 is 2.47 bits per heavy atom. The third kappa shape index (κ3) is 4.83. The number of carbonyl (C=O) groups is 1. The van der Waals surface area contributed by atoms with Gasteiger partial charge in [-0.25, -0.2) is 0 Å². The van der Waals surface area contributed by atoms with Crippen LogP contribution in [0.4, 0.5) is 0 Å². The van der Waals surface area contributed by atoms with Gasteiger partial charge in [0.25, 0.3) is 0 Å². The maximum Gasteiger partial charge on any atom is 0.311 e. The highest BCUT2D eigenvalue weighted by atomic mass is 16.5. The molecule has 0 unspecified atom stereocenters. The van der Waals surface area contributed by atoms with Crippen molar-refractivity contribution in [2.45, 2.75) is 47.0 Å². The molecule has 86 valence electrons. The first kappa shape index (κ1) is 14.0. The van der Waals surface area contributed by atoms with Crippen LogP contribution in [0.1, 0.15) is 47.0 Å². The molecule has 0 saturated carbocycles. The van der Waals surface area contributed by atoms with Crippen molar-refractivity contribution in [1.29, 1.82) is 5.26 Å². The average Bonchev–Trinajstić information content (AvgIpc) is 2.16. The van der Waals surface area contributed by atoms with E-state index in [9.17, 15) is 4.79 Å². The van der Waals surface area contributed by atoms with Crippen molar-refractivity contribution < 1.29 is 9.53 Å². The fourth-order valence-corrected chi connectivity index (χ4v) is 0.893. The van der Waals surface area contributed by atoms with Crippen molar-refractivity contribution >= 4 is 5.97 Å². The third-order valence-corrected chi connectivity index (χ3v) is 2.89. The number of esters is 1. The van der Waals surface area contributed by atoms with Gasteiger partial charge in [0.2, 0.25) is 0 Å². The summed E-state index contributed by atoms with van der Waals surface area (Å²) in [6.07, 6.45) is 2.10. The van der Waals surface area contributed by atoms with Gasteiger partial charge in [-0.1, -0.05) is 13.8 Å². The Bertz CT molecular complexity index is 238. The van der Waals surface area contributed by atoms with Crippen LogP contribution >= 0.6 is 0 Å². The summed E-state index contributed by atoms with van der Waals surface area (Å²) < 4.78 is 5.17. The van der Waals surface area contributed by atoms with Crippen LogP contribution in [-0.2, 0) is 9.53 Å². The molecule has 0 aliphatic carbocycles. The van der Waals surface area contributed by atoms with Crippen LogP contribution in [0.3, 0.4) is 0 Å². The molecule has 0 rings (SSSR count). The summed E-state index contributed by atoms with van der Waals surface area (Å²) in [6.45, 7) is 8.25. The molecule has 0 heterocycles. The fraction of sp³-hybridized carbons (Fsp3) is 0.833. The van der Waals surface area contributed by atoms with Crippen LogP contribution in [0.2, 0.25) is 0 Å². The number of nitrogens with zero attached hydrogens (tertiary/aromatic N) is 1. The molecule has 0 aliphatic rings. The largest absolute Gasteiger partial charge is 0.465 e. The van der Waals surface area contributed by atoms with E-state index in [1.165, 1.54) is 0 Å². The molecule has 0 N–H and O–H groups in total. The molecule has 3 nitrogen and oxygen atoms in total. The Kier molecular flexibility index (Phi) is 6.00. The standard InChI is InChI=1S/C12H21NO2/c1-10(2)12(3,4)11(14)15-9-7-5-6-8-13/h10H,5-7,9H2,1-4H3. The van der Waals surface area contributed by atoms with Gasteiger partial charge in [-0.05, 0) is 32.6 Å². The lowest BCUT2D eigenvalue weighted by Crippen LogP contribution is -2.32. The summed E-state index contributed by atoms with van der Waals surface area (Å²) in [7, 11) is 0. The Morgan fingerprint density at radius 2 is 2.00 bits per heavy atom. The van der Waals surface area contributed by atoms with E-state index >= 15 is 0 Å². The molecule has 0 aromatic heterocycles. The minimum atomic E-state index is -0.421. The maximum absolute atomic E-state index is 11.7. The number of unbranched alkanes of at least 4 members (excludes halogenated alkanes) is 2. The fourth-order valence-electron chi connectivity index (χ4n) is 0.893. The second-order valence-corrected chi connectivity index (χ2v) is 4.63. The van der Waals surface area contributed by atoms with Gasteiger partial charge in [-0.2, -0.15) is 5.26 Å². The van der Waals surface area contributed by atoms with Crippen molar-refractivity contribution in [3.8, 4) is 6.07 Å². The normalized spacial score (nSPS) is 11.2. The molecule has 0 saturated heterocycles. The van der Waals surface area contributed by atoms with Gasteiger partial charge in [-0.15, -0.1) is 0 Å². The van der Waals surface area contributed by atoms with E-state index in [0.29, 0.717) is 13.0 Å². The molecule has 0 atom stereocenters. The lowest BCUT2D eigenvalue weighted by atomic mass is 9.81. The zero-order valence-corrected chi connectivity index (χ0v) is 10.2. The first-order chi connectivity index (χ1) is 6.92. The van der Waals surface area contributed by atoms with Crippen LogP contribution in [0.15, 0.2) is 0 Å². The number of hydrogen-bond donors (Lipinski definition) is 0. The van der Waals surface area contributed by atoms with Crippen LogP contribution in [0.5, 0.6) is 0 Å². The molecule has 0 bridgehead atoms. The summed E-state index contributed by atoms with van der Waals surface area (Å²) in [5.74, 6) is 0.124. The van der Waals surface area contributed by atoms with Crippen LogP contribution in [-0.4, -0.2) is 12.6 Å². The molecule has 0 amide bonds. The number of rotatable bonds is 6. The maximum atomic E-state index is 11.7. The zero-order chi connectivity index (χ0) is 11.9. The number of nitriles is 1. The third-order valence-electron chi connectivity index (χ3n) is 2.89. The molecule has 0 spiro atoms. The summed E-state index contributed by atoms with van der Waals surface area (Å²) in [4.78, 5) is 11.7. The molecule has 15 heavy (non-hydrogen) atoms. The molecular formula is C12H21NO2. The highest BCUT2D eigenvalue weighted by molar-refractivity contribution is 5.76. The zero-order valence-electron chi connectivity index (χ0n) is 10.2. The second-order valence-electron chi connectivity index (χ2n) is 4.63. The topological polar surface area (TPSA) is 50.1 Å². The highest BCUT2D eigenvalue weighted by Gasteiger charge is 2.32. The minimum absolute atomic E-state index is 0.144. The van der Waals surface area contributed by atoms with Crippen molar-refractivity contribution in [3.63, 3.8) is 0 Å². The van der Waals surface area contributed by atoms with Crippen molar-refractivity contribution in [1.82, 2.24) is 0 Å². The first-order valence-corrected chi connectivity index (χ1v) is 5.47. The summed E-state index contributed by atoms with van der Waals surface area (Å²) in [5.41, 5.74) is -0.421. The summed E-state index contributed by atoms with van der Waals surface area (Å²) in [5, 5.41) is 8.32. The van der Waals surface area contributed by atoms with E-state index in [-0.39, 0.29) is 11.9 Å². The van der Waals surface area contributed by atoms with Gasteiger partial charge in [0, 0.05) is 6.42 Å². The Morgan fingerprint density at radius 1 is 1.40 bits per heavy atom. The van der Waals surface area contributed by atoms with Gasteiger partial charge >= 0.3 is 5.97 Å². The lowest BCUT2D eigenvalue weighted by molar-refractivity contribution is -0.156. The molecule has 0 radical (unpaired) electrons. The average molecular weight is 211 g/mol. The predicted octanol–water partition coefficient (Wildman–Crippen LogP) is 2.91. The number of hydrogen-bond acceptors (Lipinski definition) is 3. The van der Waals surface area contributed by atoms with E-state index in [1.54, 1.807) is 0 Å². The van der Waals surface area contributed by atoms with Gasteiger partial charge in [0.1, 0.15) is 0 Å². The smallest absolute Gasteiger partial charge is 0.311 e. The van der Waals surface area contributed by atoms with Gasteiger partial charge in [0.15, 0.2) is 0 Å². The quantitative estimate of drug-likeness (QED) is 0.501. The van der Waals surface area contributed by atoms with Crippen LogP contribution in [0, 0.1) is 22.7 Å². The minimum Gasteiger partial charge on any atom is -0.465 e. The predicted molar refractivity (Wildman–Crippen MR) is 59.0 cm³/mol. The van der Waals surface area contributed by atoms with E-state index < -0.39 is 5.41 Å². The van der Waals surface area contributed by atoms with Crippen molar-refractivity contribution in [2.75, 3.05) is 6.61 Å². The van der Waals surface area contributed by atoms with Gasteiger partial charge in [0.05, 0.1) is 18.1 Å². The molecular weight excluding hydrogens is 190 g/mol. The van der Waals surface area contributed by atoms with Crippen LogP contribution < -0.4 is 0 Å². The SMILES string of the molecule is CC(C)C(C)(C)C(=O)OCCCCC#N. The van der Waals surface area contributed by atoms with Gasteiger partial charge < -0.3 is 4.74 Å². The van der Waals surface area contributed by atoms with E-state index in [2.05, 4.69) is 6.07 Å². The Balaban J connectivity index is 3.80. The van der Waals surface area contributed by atoms with E-state index in [1.807, 2.05) is 27.7 Å². The highest BCUT2D eigenvalue weighted by Crippen LogP contribution is 2.27. The Hall–Kier alpha value is -1.04.